The molecular weight excluding hydrogens is 473 g/mol. The summed E-state index contributed by atoms with van der Waals surface area (Å²) in [7, 11) is 3.75. The third kappa shape index (κ3) is 5.29. The first-order chi connectivity index (χ1) is 16.2. The zero-order valence-electron chi connectivity index (χ0n) is 18.1. The van der Waals surface area contributed by atoms with Crippen LogP contribution in [0.2, 0.25) is 5.02 Å². The molecule has 0 saturated carbocycles. The van der Waals surface area contributed by atoms with E-state index in [9.17, 15) is 27.6 Å². The summed E-state index contributed by atoms with van der Waals surface area (Å²) in [4.78, 5) is 36.4. The number of anilines is 1. The van der Waals surface area contributed by atoms with E-state index in [0.717, 1.165) is 24.3 Å². The van der Waals surface area contributed by atoms with Crippen molar-refractivity contribution in [1.29, 1.82) is 0 Å². The average Bonchev–Trinajstić information content (AvgIpc) is 3.12. The number of carbonyl (C=O) groups is 3. The van der Waals surface area contributed by atoms with E-state index < -0.39 is 35.3 Å². The second-order valence-electron chi connectivity index (χ2n) is 7.35. The molecule has 11 heteroatoms. The molecule has 4 rings (SSSR count). The molecule has 178 valence electrons. The molecule has 1 aromatic heterocycles. The van der Waals surface area contributed by atoms with Gasteiger partial charge in [-0.1, -0.05) is 11.6 Å². The predicted octanol–water partition coefficient (Wildman–Crippen LogP) is 3.68. The number of hydrogen-bond acceptors (Lipinski definition) is 4. The van der Waals surface area contributed by atoms with Gasteiger partial charge in [0.25, 0.3) is 5.91 Å². The molecular formula is C23H20ClF3N4O3. The summed E-state index contributed by atoms with van der Waals surface area (Å²) in [6, 6.07) is 6.24. The van der Waals surface area contributed by atoms with E-state index in [1.807, 2.05) is 14.1 Å². The molecule has 2 amide bonds. The number of aldehydes is 1. The second-order valence-corrected chi connectivity index (χ2v) is 7.76. The van der Waals surface area contributed by atoms with Crippen molar-refractivity contribution in [1.82, 2.24) is 15.2 Å². The number of fused-ring (bicyclic) bond motifs is 1. The van der Waals surface area contributed by atoms with Crippen molar-refractivity contribution in [3.63, 3.8) is 0 Å². The van der Waals surface area contributed by atoms with E-state index >= 15 is 0 Å². The van der Waals surface area contributed by atoms with E-state index in [1.165, 1.54) is 16.7 Å². The Balaban J connectivity index is 0.00000103. The monoisotopic (exact) mass is 492 g/mol. The maximum Gasteiger partial charge on any atom is 0.255 e. The number of carbonyl (C=O) groups excluding carboxylic acids is 3. The Kier molecular flexibility index (Phi) is 7.75. The minimum Gasteiger partial charge on any atom is -0.342 e. The Morgan fingerprint density at radius 1 is 1.09 bits per heavy atom. The Morgan fingerprint density at radius 2 is 1.74 bits per heavy atom. The molecule has 0 saturated heterocycles. The zero-order valence-corrected chi connectivity index (χ0v) is 18.8. The van der Waals surface area contributed by atoms with Crippen LogP contribution in [0.4, 0.5) is 18.9 Å². The lowest BCUT2D eigenvalue weighted by Gasteiger charge is -2.28. The van der Waals surface area contributed by atoms with Crippen LogP contribution in [0.15, 0.2) is 42.5 Å². The fourth-order valence-corrected chi connectivity index (χ4v) is 3.76. The molecule has 1 atom stereocenters. The molecule has 0 spiro atoms. The topological polar surface area (TPSA) is 92.2 Å². The molecule has 0 bridgehead atoms. The molecule has 7 nitrogen and oxygen atoms in total. The average molecular weight is 493 g/mol. The van der Waals surface area contributed by atoms with E-state index in [4.69, 9.17) is 11.6 Å². The number of rotatable bonds is 4. The molecule has 0 fully saturated rings. The Hall–Kier alpha value is -3.63. The summed E-state index contributed by atoms with van der Waals surface area (Å²) in [6.45, 7) is -0.225. The van der Waals surface area contributed by atoms with Crippen molar-refractivity contribution in [3.05, 3.63) is 87.5 Å². The van der Waals surface area contributed by atoms with Gasteiger partial charge in [0.15, 0.2) is 6.29 Å². The number of halogens is 4. The van der Waals surface area contributed by atoms with Crippen LogP contribution in [0.25, 0.3) is 0 Å². The molecule has 2 heterocycles. The number of amides is 2. The van der Waals surface area contributed by atoms with Gasteiger partial charge in [0.05, 0.1) is 23.1 Å². The summed E-state index contributed by atoms with van der Waals surface area (Å²) in [5.41, 5.74) is 0.355. The summed E-state index contributed by atoms with van der Waals surface area (Å²) in [5, 5.41) is 8.07. The largest absolute Gasteiger partial charge is 0.342 e. The van der Waals surface area contributed by atoms with Gasteiger partial charge in [0.1, 0.15) is 24.0 Å². The van der Waals surface area contributed by atoms with Crippen LogP contribution in [0.5, 0.6) is 0 Å². The lowest BCUT2D eigenvalue weighted by atomic mass is 10.0. The fourth-order valence-electron chi connectivity index (χ4n) is 3.53. The fraction of sp³-hybridized carbons (Fsp3) is 0.174. The van der Waals surface area contributed by atoms with Gasteiger partial charge in [-0.2, -0.15) is 0 Å². The smallest absolute Gasteiger partial charge is 0.255 e. The van der Waals surface area contributed by atoms with Crippen molar-refractivity contribution in [2.24, 2.45) is 0 Å². The third-order valence-electron chi connectivity index (χ3n) is 4.81. The van der Waals surface area contributed by atoms with Crippen molar-refractivity contribution in [2.75, 3.05) is 19.4 Å². The molecule has 0 aliphatic carbocycles. The van der Waals surface area contributed by atoms with Crippen LogP contribution < -0.4 is 16.0 Å². The maximum absolute atomic E-state index is 13.9. The molecule has 1 aliphatic heterocycles. The number of nitrogens with zero attached hydrogens (tertiary/aromatic N) is 1. The van der Waals surface area contributed by atoms with E-state index in [0.29, 0.717) is 12.4 Å². The van der Waals surface area contributed by atoms with Gasteiger partial charge in [0.2, 0.25) is 5.91 Å². The molecule has 34 heavy (non-hydrogen) atoms. The quantitative estimate of drug-likeness (QED) is 0.484. The molecule has 0 radical (unpaired) electrons. The highest BCUT2D eigenvalue weighted by atomic mass is 35.5. The number of benzene rings is 2. The van der Waals surface area contributed by atoms with Crippen LogP contribution in [0.3, 0.4) is 0 Å². The normalized spacial score (nSPS) is 14.4. The first kappa shape index (κ1) is 25.0. The van der Waals surface area contributed by atoms with Crippen LogP contribution in [-0.4, -0.2) is 36.8 Å². The van der Waals surface area contributed by atoms with E-state index in [1.54, 1.807) is 0 Å². The highest BCUT2D eigenvalue weighted by molar-refractivity contribution is 6.31. The molecule has 3 aromatic rings. The van der Waals surface area contributed by atoms with Gasteiger partial charge >= 0.3 is 0 Å². The van der Waals surface area contributed by atoms with Crippen LogP contribution in [0, 0.1) is 17.5 Å². The molecule has 3 N–H and O–H groups in total. The minimum absolute atomic E-state index is 0.0723. The van der Waals surface area contributed by atoms with Gasteiger partial charge in [0, 0.05) is 22.2 Å². The predicted molar refractivity (Wildman–Crippen MR) is 121 cm³/mol. The maximum atomic E-state index is 13.9. The van der Waals surface area contributed by atoms with Gasteiger partial charge in [-0.25, -0.2) is 13.2 Å². The number of aromatic nitrogens is 1. The van der Waals surface area contributed by atoms with E-state index in [-0.39, 0.29) is 39.8 Å². The van der Waals surface area contributed by atoms with Crippen LogP contribution in [0.1, 0.15) is 38.1 Å². The molecule has 2 aromatic carbocycles. The molecule has 1 aliphatic rings. The highest BCUT2D eigenvalue weighted by Crippen LogP contribution is 2.37. The summed E-state index contributed by atoms with van der Waals surface area (Å²) in [6.07, 6.45) is 0.490. The summed E-state index contributed by atoms with van der Waals surface area (Å²) >= 11 is 6.21. The Labute approximate surface area is 197 Å². The lowest BCUT2D eigenvalue weighted by molar-refractivity contribution is -0.123. The van der Waals surface area contributed by atoms with Crippen molar-refractivity contribution in [3.8, 4) is 0 Å². The second kappa shape index (κ2) is 10.5. The minimum atomic E-state index is -0.988. The number of nitrogens with one attached hydrogen (secondary N) is 3. The highest BCUT2D eigenvalue weighted by Gasteiger charge is 2.33. The SMILES string of the molecule is CNC.O=Cc1cc(NC(=O)c2cc(F)cc(F)c2)c2n1CC(=O)NC2c1cc(F)ccc1Cl. The Bertz CT molecular complexity index is 1240. The lowest BCUT2D eigenvalue weighted by Crippen LogP contribution is -2.40. The zero-order chi connectivity index (χ0) is 25.0. The van der Waals surface area contributed by atoms with E-state index in [2.05, 4.69) is 16.0 Å². The Morgan fingerprint density at radius 3 is 2.35 bits per heavy atom. The van der Waals surface area contributed by atoms with Gasteiger partial charge in [-0.05, 0) is 50.5 Å². The summed E-state index contributed by atoms with van der Waals surface area (Å²) < 4.78 is 42.2. The van der Waals surface area contributed by atoms with Crippen molar-refractivity contribution >= 4 is 35.4 Å². The number of hydrogen-bond donors (Lipinski definition) is 3. The standard InChI is InChI=1S/C21H13ClF3N3O3.C2H7N/c22-16-2-1-11(23)6-15(16)19-20-17(7-14(9-29)28(20)8-18(30)27-19)26-21(31)10-3-12(24)5-13(25)4-10;1-3-2/h1-7,9,19H,8H2,(H,26,31)(H,27,30);3H,1-2H3. The van der Waals surface area contributed by atoms with Gasteiger partial charge in [-0.15, -0.1) is 0 Å². The summed E-state index contributed by atoms with van der Waals surface area (Å²) in [5.74, 6) is -3.77. The first-order valence-corrected chi connectivity index (χ1v) is 10.3. The first-order valence-electron chi connectivity index (χ1n) is 9.97. The van der Waals surface area contributed by atoms with Gasteiger partial charge < -0.3 is 20.5 Å². The van der Waals surface area contributed by atoms with Gasteiger partial charge in [-0.3, -0.25) is 14.4 Å². The third-order valence-corrected chi connectivity index (χ3v) is 5.16. The molecule has 1 unspecified atom stereocenters. The van der Waals surface area contributed by atoms with Crippen molar-refractivity contribution in [2.45, 2.75) is 12.6 Å². The van der Waals surface area contributed by atoms with Crippen molar-refractivity contribution < 1.29 is 27.6 Å². The van der Waals surface area contributed by atoms with Crippen LogP contribution in [-0.2, 0) is 11.3 Å². The van der Waals surface area contributed by atoms with Crippen LogP contribution >= 0.6 is 11.6 Å².